The van der Waals surface area contributed by atoms with Gasteiger partial charge in [0.15, 0.2) is 0 Å². The number of aromatic nitrogens is 6. The molecule has 0 bridgehead atoms. The van der Waals surface area contributed by atoms with E-state index in [4.69, 9.17) is 9.97 Å². The molecule has 0 saturated heterocycles. The van der Waals surface area contributed by atoms with Gasteiger partial charge < -0.3 is 9.97 Å². The summed E-state index contributed by atoms with van der Waals surface area (Å²) >= 11 is 3.30. The van der Waals surface area contributed by atoms with Gasteiger partial charge >= 0.3 is 0 Å². The Kier molecular flexibility index (Phi) is 4.39. The zero-order valence-corrected chi connectivity index (χ0v) is 19.3. The first-order chi connectivity index (χ1) is 16.8. The van der Waals surface area contributed by atoms with E-state index in [0.717, 1.165) is 60.2 Å². The summed E-state index contributed by atoms with van der Waals surface area (Å²) in [5, 5.41) is 0. The molecule has 5 heterocycles. The molecule has 7 aromatic rings. The van der Waals surface area contributed by atoms with Crippen LogP contribution in [0.5, 0.6) is 0 Å². The molecule has 0 spiro atoms. The van der Waals surface area contributed by atoms with Gasteiger partial charge in [0.2, 0.25) is 0 Å². The van der Waals surface area contributed by atoms with Crippen LogP contribution in [0, 0.1) is 0 Å². The van der Waals surface area contributed by atoms with Crippen molar-refractivity contribution in [1.82, 2.24) is 29.9 Å². The number of nitrogens with zero attached hydrogens (tertiary/aromatic N) is 4. The molecule has 162 valence electrons. The molecule has 0 atom stereocenters. The lowest BCUT2D eigenvalue weighted by atomic mass is 10.0. The number of fused-ring (bicyclic) bond motifs is 2. The molecular weight excluding hydrogens is 460 g/mol. The Morgan fingerprint density at radius 2 is 1.24 bits per heavy atom. The lowest BCUT2D eigenvalue weighted by molar-refractivity contribution is 1.33. The predicted octanol–water partition coefficient (Wildman–Crippen LogP) is 7.02. The number of hydrogen-bond donors (Lipinski definition) is 2. The number of thiophene rings is 1. The molecule has 34 heavy (non-hydrogen) atoms. The maximum atomic E-state index is 4.83. The average Bonchev–Trinajstić information content (AvgIpc) is 3.68. The Morgan fingerprint density at radius 3 is 1.88 bits per heavy atom. The first kappa shape index (κ1) is 19.3. The van der Waals surface area contributed by atoms with Gasteiger partial charge in [0, 0.05) is 23.5 Å². The summed E-state index contributed by atoms with van der Waals surface area (Å²) < 4.78 is 0. The molecule has 0 amide bonds. The zero-order chi connectivity index (χ0) is 22.5. The highest BCUT2D eigenvalue weighted by molar-refractivity contribution is 7.18. The van der Waals surface area contributed by atoms with Crippen LogP contribution in [0.25, 0.3) is 65.0 Å². The molecule has 0 fully saturated rings. The maximum absolute atomic E-state index is 4.83. The summed E-state index contributed by atoms with van der Waals surface area (Å²) in [6.07, 6.45) is 5.47. The Balaban J connectivity index is 1.23. The molecule has 0 aliphatic rings. The summed E-state index contributed by atoms with van der Waals surface area (Å²) in [5.74, 6) is 1.74. The third-order valence-corrected chi connectivity index (χ3v) is 7.69. The Morgan fingerprint density at radius 1 is 0.588 bits per heavy atom. The van der Waals surface area contributed by atoms with Gasteiger partial charge in [0.05, 0.1) is 37.3 Å². The highest BCUT2D eigenvalue weighted by atomic mass is 32.1. The van der Waals surface area contributed by atoms with Gasteiger partial charge in [-0.3, -0.25) is 9.97 Å². The normalized spacial score (nSPS) is 11.5. The van der Waals surface area contributed by atoms with E-state index in [1.54, 1.807) is 22.7 Å². The quantitative estimate of drug-likeness (QED) is 0.286. The number of thiazole rings is 1. The average molecular weight is 477 g/mol. The molecule has 8 heteroatoms. The molecule has 0 radical (unpaired) electrons. The third-order valence-electron chi connectivity index (χ3n) is 5.77. The van der Waals surface area contributed by atoms with E-state index in [0.29, 0.717) is 0 Å². The van der Waals surface area contributed by atoms with E-state index in [2.05, 4.69) is 68.5 Å². The second kappa shape index (κ2) is 7.72. The SMILES string of the molecule is c1cc(-c2ccc(-c3nc4ccc(-c5ccc6nc(-c7cncs7)[nH]c6c5)cc4[nH]3)s2)ccn1. The van der Waals surface area contributed by atoms with Gasteiger partial charge in [-0.25, -0.2) is 9.97 Å². The minimum absolute atomic E-state index is 0.852. The van der Waals surface area contributed by atoms with Crippen LogP contribution < -0.4 is 0 Å². The van der Waals surface area contributed by atoms with Crippen LogP contribution >= 0.6 is 22.7 Å². The summed E-state index contributed by atoms with van der Waals surface area (Å²) in [6.45, 7) is 0. The number of pyridine rings is 1. The molecule has 2 N–H and O–H groups in total. The zero-order valence-electron chi connectivity index (χ0n) is 17.7. The van der Waals surface area contributed by atoms with Crippen molar-refractivity contribution >= 4 is 44.7 Å². The Bertz CT molecular complexity index is 1760. The minimum atomic E-state index is 0.852. The van der Waals surface area contributed by atoms with Crippen molar-refractivity contribution in [2.45, 2.75) is 0 Å². The van der Waals surface area contributed by atoms with Crippen molar-refractivity contribution in [2.24, 2.45) is 0 Å². The van der Waals surface area contributed by atoms with Gasteiger partial charge in [-0.2, -0.15) is 0 Å². The van der Waals surface area contributed by atoms with Crippen LogP contribution in [0.3, 0.4) is 0 Å². The maximum Gasteiger partial charge on any atom is 0.150 e. The molecule has 5 aromatic heterocycles. The van der Waals surface area contributed by atoms with E-state index < -0.39 is 0 Å². The molecule has 6 nitrogen and oxygen atoms in total. The molecule has 2 aromatic carbocycles. The molecule has 0 unspecified atom stereocenters. The topological polar surface area (TPSA) is 83.1 Å². The fraction of sp³-hybridized carbons (Fsp3) is 0. The van der Waals surface area contributed by atoms with Crippen LogP contribution in [0.15, 0.2) is 84.8 Å². The second-order valence-corrected chi connectivity index (χ2v) is 9.87. The molecule has 0 saturated carbocycles. The minimum Gasteiger partial charge on any atom is -0.337 e. The molecule has 7 rings (SSSR count). The van der Waals surface area contributed by atoms with E-state index >= 15 is 0 Å². The monoisotopic (exact) mass is 476 g/mol. The van der Waals surface area contributed by atoms with Crippen molar-refractivity contribution in [3.63, 3.8) is 0 Å². The van der Waals surface area contributed by atoms with Crippen molar-refractivity contribution in [1.29, 1.82) is 0 Å². The van der Waals surface area contributed by atoms with Crippen LogP contribution in [-0.2, 0) is 0 Å². The Labute approximate surface area is 202 Å². The van der Waals surface area contributed by atoms with Gasteiger partial charge in [-0.1, -0.05) is 12.1 Å². The summed E-state index contributed by atoms with van der Waals surface area (Å²) in [5.41, 5.74) is 9.15. The number of imidazole rings is 2. The van der Waals surface area contributed by atoms with Crippen LogP contribution in [0.2, 0.25) is 0 Å². The predicted molar refractivity (Wildman–Crippen MR) is 139 cm³/mol. The highest BCUT2D eigenvalue weighted by Crippen LogP contribution is 2.35. The van der Waals surface area contributed by atoms with Crippen molar-refractivity contribution in [3.05, 3.63) is 84.8 Å². The number of H-pyrrole nitrogens is 2. The number of benzene rings is 2. The summed E-state index contributed by atoms with van der Waals surface area (Å²) in [4.78, 5) is 28.1. The van der Waals surface area contributed by atoms with Crippen LogP contribution in [0.1, 0.15) is 0 Å². The van der Waals surface area contributed by atoms with Crippen LogP contribution in [-0.4, -0.2) is 29.9 Å². The van der Waals surface area contributed by atoms with Gasteiger partial charge in [-0.15, -0.1) is 22.7 Å². The largest absolute Gasteiger partial charge is 0.337 e. The fourth-order valence-electron chi connectivity index (χ4n) is 4.08. The molecule has 0 aliphatic carbocycles. The summed E-state index contributed by atoms with van der Waals surface area (Å²) in [6, 6.07) is 21.0. The van der Waals surface area contributed by atoms with Crippen molar-refractivity contribution < 1.29 is 0 Å². The van der Waals surface area contributed by atoms with Gasteiger partial charge in [-0.05, 0) is 65.2 Å². The fourth-order valence-corrected chi connectivity index (χ4v) is 5.60. The standard InChI is InChI=1S/C26H16N6S2/c1-3-18-20(31-25(29-18)23-6-5-22(34-23)15-7-9-27-10-8-15)11-16(1)17-2-4-19-21(12-17)32-26(30-19)24-13-28-14-33-24/h1-14H,(H,29,31)(H,30,32). The molecule has 0 aliphatic heterocycles. The van der Waals surface area contributed by atoms with Gasteiger partial charge in [0.1, 0.15) is 11.6 Å². The molecular formula is C26H16N6S2. The first-order valence-corrected chi connectivity index (χ1v) is 12.4. The highest BCUT2D eigenvalue weighted by Gasteiger charge is 2.12. The number of nitrogens with one attached hydrogen (secondary N) is 2. The lowest BCUT2D eigenvalue weighted by Gasteiger charge is -2.01. The van der Waals surface area contributed by atoms with E-state index in [1.165, 1.54) is 4.88 Å². The lowest BCUT2D eigenvalue weighted by Crippen LogP contribution is -1.79. The summed E-state index contributed by atoms with van der Waals surface area (Å²) in [7, 11) is 0. The van der Waals surface area contributed by atoms with E-state index in [9.17, 15) is 0 Å². The van der Waals surface area contributed by atoms with Gasteiger partial charge in [0.25, 0.3) is 0 Å². The van der Waals surface area contributed by atoms with E-state index in [-0.39, 0.29) is 0 Å². The smallest absolute Gasteiger partial charge is 0.150 e. The Hall–Kier alpha value is -4.14. The second-order valence-electron chi connectivity index (χ2n) is 7.90. The van der Waals surface area contributed by atoms with Crippen molar-refractivity contribution in [3.8, 4) is 43.0 Å². The van der Waals surface area contributed by atoms with Crippen LogP contribution in [0.4, 0.5) is 0 Å². The third kappa shape index (κ3) is 3.32. The number of hydrogen-bond acceptors (Lipinski definition) is 6. The number of aromatic amines is 2. The first-order valence-electron chi connectivity index (χ1n) is 10.7. The number of rotatable bonds is 4. The van der Waals surface area contributed by atoms with Crippen molar-refractivity contribution in [2.75, 3.05) is 0 Å². The van der Waals surface area contributed by atoms with E-state index in [1.807, 2.05) is 36.2 Å².